The molecular weight excluding hydrogens is 418 g/mol. The molecule has 0 saturated heterocycles. The SMILES string of the molecule is CCOc1cc(Br)c(CC(=O)NNc2ccccc2[N+](=O)[O-])cc1OCC. The fraction of sp³-hybridized carbons (Fsp3) is 0.278. The molecule has 1 amide bonds. The van der Waals surface area contributed by atoms with Crippen molar-refractivity contribution in [3.63, 3.8) is 0 Å². The number of nitro groups is 1. The first-order valence-electron chi connectivity index (χ1n) is 8.32. The highest BCUT2D eigenvalue weighted by atomic mass is 79.9. The Hall–Kier alpha value is -2.81. The number of nitrogens with one attached hydrogen (secondary N) is 2. The molecular formula is C18H20BrN3O5. The zero-order valence-electron chi connectivity index (χ0n) is 15.0. The van der Waals surface area contributed by atoms with Gasteiger partial charge in [0.2, 0.25) is 5.91 Å². The van der Waals surface area contributed by atoms with Crippen molar-refractivity contribution in [2.45, 2.75) is 20.3 Å². The van der Waals surface area contributed by atoms with E-state index in [1.54, 1.807) is 24.3 Å². The number of hydrazine groups is 1. The Morgan fingerprint density at radius 3 is 2.41 bits per heavy atom. The maximum atomic E-state index is 12.3. The Balaban J connectivity index is 2.09. The Bertz CT molecular complexity index is 829. The minimum atomic E-state index is -0.522. The normalized spacial score (nSPS) is 10.2. The molecule has 27 heavy (non-hydrogen) atoms. The van der Waals surface area contributed by atoms with E-state index >= 15 is 0 Å². The molecule has 0 spiro atoms. The van der Waals surface area contributed by atoms with Crippen LogP contribution in [0.2, 0.25) is 0 Å². The van der Waals surface area contributed by atoms with E-state index < -0.39 is 4.92 Å². The van der Waals surface area contributed by atoms with Gasteiger partial charge in [0, 0.05) is 10.5 Å². The fourth-order valence-corrected chi connectivity index (χ4v) is 2.80. The van der Waals surface area contributed by atoms with Gasteiger partial charge in [-0.2, -0.15) is 0 Å². The quantitative estimate of drug-likeness (QED) is 0.456. The van der Waals surface area contributed by atoms with Gasteiger partial charge in [0.05, 0.1) is 24.6 Å². The smallest absolute Gasteiger partial charge is 0.294 e. The minimum Gasteiger partial charge on any atom is -0.490 e. The largest absolute Gasteiger partial charge is 0.490 e. The van der Waals surface area contributed by atoms with Crippen LogP contribution >= 0.6 is 15.9 Å². The van der Waals surface area contributed by atoms with E-state index in [-0.39, 0.29) is 23.7 Å². The minimum absolute atomic E-state index is 0.0424. The molecule has 0 saturated carbocycles. The Labute approximate surface area is 165 Å². The molecule has 0 radical (unpaired) electrons. The van der Waals surface area contributed by atoms with Crippen LogP contribution < -0.4 is 20.3 Å². The third kappa shape index (κ3) is 5.58. The number of halogens is 1. The van der Waals surface area contributed by atoms with Crippen LogP contribution in [-0.2, 0) is 11.2 Å². The number of anilines is 1. The summed E-state index contributed by atoms with van der Waals surface area (Å²) in [6.45, 7) is 4.69. The van der Waals surface area contributed by atoms with E-state index in [9.17, 15) is 14.9 Å². The molecule has 2 aromatic carbocycles. The van der Waals surface area contributed by atoms with E-state index in [4.69, 9.17) is 9.47 Å². The molecule has 0 fully saturated rings. The van der Waals surface area contributed by atoms with Gasteiger partial charge in [-0.15, -0.1) is 0 Å². The highest BCUT2D eigenvalue weighted by Gasteiger charge is 2.15. The lowest BCUT2D eigenvalue weighted by Crippen LogP contribution is -2.31. The molecule has 0 aliphatic heterocycles. The number of carbonyl (C=O) groups is 1. The summed E-state index contributed by atoms with van der Waals surface area (Å²) in [7, 11) is 0. The van der Waals surface area contributed by atoms with Crippen LogP contribution in [0.5, 0.6) is 11.5 Å². The molecule has 8 nitrogen and oxygen atoms in total. The summed E-state index contributed by atoms with van der Waals surface area (Å²) in [5.74, 6) is 0.783. The van der Waals surface area contributed by atoms with Gasteiger partial charge in [-0.05, 0) is 37.6 Å². The van der Waals surface area contributed by atoms with E-state index in [1.165, 1.54) is 12.1 Å². The summed E-state index contributed by atoms with van der Waals surface area (Å²) in [4.78, 5) is 22.7. The second kappa shape index (κ2) is 9.77. The predicted octanol–water partition coefficient (Wildman–Crippen LogP) is 3.84. The van der Waals surface area contributed by atoms with Crippen LogP contribution in [0.4, 0.5) is 11.4 Å². The van der Waals surface area contributed by atoms with E-state index in [2.05, 4.69) is 26.8 Å². The van der Waals surface area contributed by atoms with Gasteiger partial charge in [-0.25, -0.2) is 0 Å². The number of para-hydroxylation sites is 2. The van der Waals surface area contributed by atoms with Gasteiger partial charge in [-0.1, -0.05) is 28.1 Å². The molecule has 0 bridgehead atoms. The highest BCUT2D eigenvalue weighted by molar-refractivity contribution is 9.10. The number of hydrogen-bond donors (Lipinski definition) is 2. The zero-order valence-corrected chi connectivity index (χ0v) is 16.5. The summed E-state index contributed by atoms with van der Waals surface area (Å²) < 4.78 is 11.8. The lowest BCUT2D eigenvalue weighted by atomic mass is 10.1. The first kappa shape index (κ1) is 20.5. The van der Waals surface area contributed by atoms with Gasteiger partial charge < -0.3 is 9.47 Å². The summed E-state index contributed by atoms with van der Waals surface area (Å²) in [6, 6.07) is 9.55. The Morgan fingerprint density at radius 2 is 1.78 bits per heavy atom. The Morgan fingerprint density at radius 1 is 1.15 bits per heavy atom. The van der Waals surface area contributed by atoms with Crippen molar-refractivity contribution in [2.24, 2.45) is 0 Å². The molecule has 0 atom stereocenters. The average molecular weight is 438 g/mol. The molecule has 2 aromatic rings. The molecule has 0 aliphatic carbocycles. The number of rotatable bonds is 9. The number of amides is 1. The van der Waals surface area contributed by atoms with Crippen LogP contribution in [0.25, 0.3) is 0 Å². The first-order valence-corrected chi connectivity index (χ1v) is 9.11. The van der Waals surface area contributed by atoms with Crippen molar-refractivity contribution >= 4 is 33.2 Å². The van der Waals surface area contributed by atoms with Gasteiger partial charge in [0.25, 0.3) is 5.69 Å². The van der Waals surface area contributed by atoms with Crippen LogP contribution in [0.15, 0.2) is 40.9 Å². The summed E-state index contributed by atoms with van der Waals surface area (Å²) in [5, 5.41) is 11.0. The maximum absolute atomic E-state index is 12.3. The maximum Gasteiger partial charge on any atom is 0.294 e. The van der Waals surface area contributed by atoms with E-state index in [0.29, 0.717) is 34.7 Å². The number of ether oxygens (including phenoxy) is 2. The molecule has 0 unspecified atom stereocenters. The average Bonchev–Trinajstić information content (AvgIpc) is 2.64. The van der Waals surface area contributed by atoms with Crippen LogP contribution in [0.1, 0.15) is 19.4 Å². The molecule has 0 heterocycles. The van der Waals surface area contributed by atoms with Crippen molar-refractivity contribution in [1.82, 2.24) is 5.43 Å². The van der Waals surface area contributed by atoms with Crippen molar-refractivity contribution in [3.8, 4) is 11.5 Å². The third-order valence-electron chi connectivity index (χ3n) is 3.50. The number of nitrogens with zero attached hydrogens (tertiary/aromatic N) is 1. The number of hydrogen-bond acceptors (Lipinski definition) is 6. The van der Waals surface area contributed by atoms with Gasteiger partial charge in [0.15, 0.2) is 11.5 Å². The van der Waals surface area contributed by atoms with Crippen molar-refractivity contribution < 1.29 is 19.2 Å². The van der Waals surface area contributed by atoms with Crippen molar-refractivity contribution in [1.29, 1.82) is 0 Å². The first-order chi connectivity index (χ1) is 13.0. The number of nitro benzene ring substituents is 1. The molecule has 0 aliphatic rings. The Kier molecular flexibility index (Phi) is 7.42. The van der Waals surface area contributed by atoms with E-state index in [1.807, 2.05) is 13.8 Å². The second-order valence-corrected chi connectivity index (χ2v) is 6.23. The standard InChI is InChI=1S/C18H20BrN3O5/c1-3-26-16-9-12(13(19)11-17(16)27-4-2)10-18(23)21-20-14-7-5-6-8-15(14)22(24)25/h5-9,11,20H,3-4,10H2,1-2H3,(H,21,23). The third-order valence-corrected chi connectivity index (χ3v) is 4.24. The van der Waals surface area contributed by atoms with Gasteiger partial charge >= 0.3 is 0 Å². The van der Waals surface area contributed by atoms with Crippen LogP contribution in [0.3, 0.4) is 0 Å². The van der Waals surface area contributed by atoms with Crippen molar-refractivity contribution in [3.05, 3.63) is 56.5 Å². The second-order valence-electron chi connectivity index (χ2n) is 5.38. The lowest BCUT2D eigenvalue weighted by Gasteiger charge is -2.14. The molecule has 144 valence electrons. The zero-order chi connectivity index (χ0) is 19.8. The van der Waals surface area contributed by atoms with Gasteiger partial charge in [0.1, 0.15) is 5.69 Å². The van der Waals surface area contributed by atoms with Gasteiger partial charge in [-0.3, -0.25) is 25.8 Å². The fourth-order valence-electron chi connectivity index (χ4n) is 2.34. The summed E-state index contributed by atoms with van der Waals surface area (Å²) >= 11 is 3.43. The number of benzene rings is 2. The summed E-state index contributed by atoms with van der Waals surface area (Å²) in [6.07, 6.45) is 0.0424. The molecule has 2 rings (SSSR count). The number of carbonyl (C=O) groups excluding carboxylic acids is 1. The lowest BCUT2D eigenvalue weighted by molar-refractivity contribution is -0.384. The highest BCUT2D eigenvalue weighted by Crippen LogP contribution is 2.34. The molecule has 2 N–H and O–H groups in total. The van der Waals surface area contributed by atoms with Crippen molar-refractivity contribution in [2.75, 3.05) is 18.6 Å². The van der Waals surface area contributed by atoms with Crippen LogP contribution in [-0.4, -0.2) is 24.0 Å². The molecule has 0 aromatic heterocycles. The monoisotopic (exact) mass is 437 g/mol. The summed E-state index contributed by atoms with van der Waals surface area (Å²) in [5.41, 5.74) is 5.84. The topological polar surface area (TPSA) is 103 Å². The molecule has 9 heteroatoms. The van der Waals surface area contributed by atoms with Crippen LogP contribution in [0, 0.1) is 10.1 Å². The predicted molar refractivity (Wildman–Crippen MR) is 105 cm³/mol. The van der Waals surface area contributed by atoms with E-state index in [0.717, 1.165) is 0 Å².